The zero-order valence-corrected chi connectivity index (χ0v) is 24.0. The van der Waals surface area contributed by atoms with Crippen molar-refractivity contribution in [2.75, 3.05) is 5.75 Å². The molecule has 0 aliphatic heterocycles. The third-order valence-electron chi connectivity index (χ3n) is 6.89. The third kappa shape index (κ3) is 8.26. The summed E-state index contributed by atoms with van der Waals surface area (Å²) in [4.78, 5) is 29.3. The van der Waals surface area contributed by atoms with Crippen molar-refractivity contribution in [3.05, 3.63) is 105 Å². The van der Waals surface area contributed by atoms with Gasteiger partial charge in [0.05, 0.1) is 15.8 Å². The quantitative estimate of drug-likeness (QED) is 0.265. The van der Waals surface area contributed by atoms with Gasteiger partial charge in [0, 0.05) is 24.8 Å². The van der Waals surface area contributed by atoms with Crippen LogP contribution in [0.25, 0.3) is 0 Å². The predicted molar refractivity (Wildman–Crippen MR) is 159 cm³/mol. The highest BCUT2D eigenvalue weighted by atomic mass is 35.5. The van der Waals surface area contributed by atoms with Crippen LogP contribution in [-0.2, 0) is 28.3 Å². The fourth-order valence-corrected chi connectivity index (χ4v) is 6.08. The molecule has 4 rings (SSSR count). The number of benzene rings is 3. The zero-order chi connectivity index (χ0) is 26.9. The molecule has 0 bridgehead atoms. The highest BCUT2D eigenvalue weighted by molar-refractivity contribution is 7.99. The molecular formula is C31H34Cl2N2O2S. The molecule has 4 nitrogen and oxygen atoms in total. The van der Waals surface area contributed by atoms with Gasteiger partial charge in [0.1, 0.15) is 6.04 Å². The number of halogens is 2. The molecular weight excluding hydrogens is 535 g/mol. The SMILES string of the molecule is Cc1cccc(CSCC(=O)N(Cc2ccc(Cl)c(Cl)c2)C(Cc2ccccc2)C(=O)NC2CCCC2)c1. The zero-order valence-electron chi connectivity index (χ0n) is 21.7. The summed E-state index contributed by atoms with van der Waals surface area (Å²) in [5.74, 6) is 0.831. The van der Waals surface area contributed by atoms with E-state index in [0.29, 0.717) is 16.5 Å². The van der Waals surface area contributed by atoms with Crippen LogP contribution in [0.5, 0.6) is 0 Å². The minimum atomic E-state index is -0.639. The number of hydrogen-bond donors (Lipinski definition) is 1. The Bertz CT molecular complexity index is 1230. The van der Waals surface area contributed by atoms with Crippen LogP contribution in [-0.4, -0.2) is 34.6 Å². The molecule has 1 aliphatic rings. The van der Waals surface area contributed by atoms with Gasteiger partial charge in [-0.15, -0.1) is 11.8 Å². The van der Waals surface area contributed by atoms with Gasteiger partial charge >= 0.3 is 0 Å². The Labute approximate surface area is 240 Å². The normalized spacial score (nSPS) is 14.3. The van der Waals surface area contributed by atoms with E-state index in [0.717, 1.165) is 42.6 Å². The molecule has 3 aromatic rings. The van der Waals surface area contributed by atoms with Gasteiger partial charge in [-0.05, 0) is 48.6 Å². The maximum absolute atomic E-state index is 13.8. The summed E-state index contributed by atoms with van der Waals surface area (Å²) in [5.41, 5.74) is 4.22. The van der Waals surface area contributed by atoms with Gasteiger partial charge in [0.15, 0.2) is 0 Å². The first-order valence-electron chi connectivity index (χ1n) is 13.1. The summed E-state index contributed by atoms with van der Waals surface area (Å²) in [6, 6.07) is 23.1. The number of aryl methyl sites for hydroxylation is 1. The smallest absolute Gasteiger partial charge is 0.243 e. The van der Waals surface area contributed by atoms with Gasteiger partial charge in [0.25, 0.3) is 0 Å². The first kappa shape index (κ1) is 28.5. The van der Waals surface area contributed by atoms with Crippen LogP contribution in [0.1, 0.15) is 47.9 Å². The Balaban J connectivity index is 1.58. The van der Waals surface area contributed by atoms with Gasteiger partial charge in [-0.3, -0.25) is 9.59 Å². The summed E-state index contributed by atoms with van der Waals surface area (Å²) in [6.07, 6.45) is 4.65. The molecule has 1 fully saturated rings. The van der Waals surface area contributed by atoms with Gasteiger partial charge in [-0.25, -0.2) is 0 Å². The van der Waals surface area contributed by atoms with E-state index in [-0.39, 0.29) is 30.2 Å². The summed E-state index contributed by atoms with van der Waals surface area (Å²) in [5, 5.41) is 4.13. The molecule has 2 amide bonds. The second kappa shape index (κ2) is 14.1. The van der Waals surface area contributed by atoms with Crippen molar-refractivity contribution in [2.45, 2.75) is 63.4 Å². The second-order valence-electron chi connectivity index (χ2n) is 9.95. The minimum absolute atomic E-state index is 0.0729. The Morgan fingerprint density at radius 2 is 1.66 bits per heavy atom. The summed E-state index contributed by atoms with van der Waals surface area (Å²) >= 11 is 14.0. The maximum atomic E-state index is 13.8. The van der Waals surface area contributed by atoms with Crippen LogP contribution in [0.4, 0.5) is 0 Å². The van der Waals surface area contributed by atoms with Crippen molar-refractivity contribution in [2.24, 2.45) is 0 Å². The number of nitrogens with zero attached hydrogens (tertiary/aromatic N) is 1. The standard InChI is InChI=1S/C31H34Cl2N2O2S/c1-22-8-7-11-25(16-22)20-38-21-30(36)35(19-24-14-15-27(32)28(33)17-24)29(18-23-9-3-2-4-10-23)31(37)34-26-12-5-6-13-26/h2-4,7-11,14-17,26,29H,5-6,12-13,18-21H2,1H3,(H,34,37). The number of rotatable bonds is 11. The van der Waals surface area contributed by atoms with Crippen molar-refractivity contribution in [1.29, 1.82) is 0 Å². The minimum Gasteiger partial charge on any atom is -0.352 e. The van der Waals surface area contributed by atoms with Crippen LogP contribution in [0.3, 0.4) is 0 Å². The highest BCUT2D eigenvalue weighted by Gasteiger charge is 2.32. The van der Waals surface area contributed by atoms with Crippen molar-refractivity contribution >= 4 is 46.8 Å². The van der Waals surface area contributed by atoms with Crippen molar-refractivity contribution in [3.63, 3.8) is 0 Å². The molecule has 0 heterocycles. The summed E-state index contributed by atoms with van der Waals surface area (Å²) < 4.78 is 0. The molecule has 7 heteroatoms. The molecule has 0 radical (unpaired) electrons. The molecule has 0 aromatic heterocycles. The maximum Gasteiger partial charge on any atom is 0.243 e. The average Bonchev–Trinajstić information content (AvgIpc) is 3.42. The highest BCUT2D eigenvalue weighted by Crippen LogP contribution is 2.25. The lowest BCUT2D eigenvalue weighted by molar-refractivity contribution is -0.139. The Morgan fingerprint density at radius 3 is 2.37 bits per heavy atom. The van der Waals surface area contributed by atoms with Gasteiger partial charge < -0.3 is 10.2 Å². The van der Waals surface area contributed by atoms with Crippen LogP contribution in [0.15, 0.2) is 72.8 Å². The third-order valence-corrected chi connectivity index (χ3v) is 8.61. The molecule has 1 N–H and O–H groups in total. The number of nitrogens with one attached hydrogen (secondary N) is 1. The second-order valence-corrected chi connectivity index (χ2v) is 11.7. The lowest BCUT2D eigenvalue weighted by Gasteiger charge is -2.32. The Hall–Kier alpha value is -2.47. The van der Waals surface area contributed by atoms with E-state index in [9.17, 15) is 9.59 Å². The molecule has 0 spiro atoms. The molecule has 38 heavy (non-hydrogen) atoms. The van der Waals surface area contributed by atoms with E-state index in [4.69, 9.17) is 23.2 Å². The van der Waals surface area contributed by atoms with Gasteiger partial charge in [0.2, 0.25) is 11.8 Å². The summed E-state index contributed by atoms with van der Waals surface area (Å²) in [7, 11) is 0. The first-order valence-corrected chi connectivity index (χ1v) is 15.0. The van der Waals surface area contributed by atoms with E-state index in [1.165, 1.54) is 11.1 Å². The van der Waals surface area contributed by atoms with Gasteiger partial charge in [-0.1, -0.05) is 102 Å². The number of hydrogen-bond acceptors (Lipinski definition) is 3. The van der Waals surface area contributed by atoms with E-state index in [2.05, 4.69) is 30.4 Å². The molecule has 1 atom stereocenters. The average molecular weight is 570 g/mol. The molecule has 1 aliphatic carbocycles. The van der Waals surface area contributed by atoms with E-state index in [1.807, 2.05) is 42.5 Å². The topological polar surface area (TPSA) is 49.4 Å². The van der Waals surface area contributed by atoms with Crippen molar-refractivity contribution in [3.8, 4) is 0 Å². The van der Waals surface area contributed by atoms with Crippen LogP contribution < -0.4 is 5.32 Å². The van der Waals surface area contributed by atoms with E-state index < -0.39 is 6.04 Å². The van der Waals surface area contributed by atoms with E-state index >= 15 is 0 Å². The largest absolute Gasteiger partial charge is 0.352 e. The van der Waals surface area contributed by atoms with Crippen LogP contribution in [0.2, 0.25) is 10.0 Å². The van der Waals surface area contributed by atoms with Crippen LogP contribution >= 0.6 is 35.0 Å². The molecule has 0 saturated heterocycles. The number of carbonyl (C=O) groups excluding carboxylic acids is 2. The summed E-state index contributed by atoms with van der Waals surface area (Å²) in [6.45, 7) is 2.34. The Kier molecular flexibility index (Phi) is 10.6. The molecule has 1 saturated carbocycles. The number of thioether (sulfide) groups is 1. The lowest BCUT2D eigenvalue weighted by atomic mass is 10.0. The monoisotopic (exact) mass is 568 g/mol. The fourth-order valence-electron chi connectivity index (χ4n) is 4.90. The number of carbonyl (C=O) groups is 2. The predicted octanol–water partition coefficient (Wildman–Crippen LogP) is 7.23. The van der Waals surface area contributed by atoms with Crippen molar-refractivity contribution in [1.82, 2.24) is 10.2 Å². The Morgan fingerprint density at radius 1 is 0.921 bits per heavy atom. The number of amides is 2. The first-order chi connectivity index (χ1) is 18.4. The molecule has 1 unspecified atom stereocenters. The van der Waals surface area contributed by atoms with Gasteiger partial charge in [-0.2, -0.15) is 0 Å². The van der Waals surface area contributed by atoms with Crippen molar-refractivity contribution < 1.29 is 9.59 Å². The van der Waals surface area contributed by atoms with E-state index in [1.54, 1.807) is 28.8 Å². The fraction of sp³-hybridized carbons (Fsp3) is 0.355. The molecule has 200 valence electrons. The van der Waals surface area contributed by atoms with Crippen LogP contribution in [0, 0.1) is 6.92 Å². The lowest BCUT2D eigenvalue weighted by Crippen LogP contribution is -2.52. The molecule has 3 aromatic carbocycles.